The van der Waals surface area contributed by atoms with Gasteiger partial charge in [-0.3, -0.25) is 4.90 Å². The van der Waals surface area contributed by atoms with Crippen LogP contribution >= 0.6 is 11.3 Å². The van der Waals surface area contributed by atoms with Gasteiger partial charge >= 0.3 is 0 Å². The molecule has 3 aromatic heterocycles. The Hall–Kier alpha value is -1.99. The van der Waals surface area contributed by atoms with E-state index in [0.717, 1.165) is 42.4 Å². The van der Waals surface area contributed by atoms with Crippen LogP contribution in [0.2, 0.25) is 0 Å². The number of hydrogen-bond acceptors (Lipinski definition) is 6. The summed E-state index contributed by atoms with van der Waals surface area (Å²) in [7, 11) is 0. The van der Waals surface area contributed by atoms with Crippen LogP contribution in [0.5, 0.6) is 0 Å². The summed E-state index contributed by atoms with van der Waals surface area (Å²) in [5.41, 5.74) is 1.88. The Morgan fingerprint density at radius 3 is 3.00 bits per heavy atom. The molecule has 2 atom stereocenters. The van der Waals surface area contributed by atoms with Crippen molar-refractivity contribution in [3.8, 4) is 11.4 Å². The number of hydrogen-bond donors (Lipinski definition) is 0. The van der Waals surface area contributed by atoms with Crippen LogP contribution in [0.3, 0.4) is 0 Å². The van der Waals surface area contributed by atoms with E-state index in [9.17, 15) is 0 Å². The van der Waals surface area contributed by atoms with E-state index in [0.29, 0.717) is 12.1 Å². The van der Waals surface area contributed by atoms with Crippen LogP contribution in [-0.4, -0.2) is 56.4 Å². The van der Waals surface area contributed by atoms with Gasteiger partial charge in [-0.1, -0.05) is 6.92 Å². The van der Waals surface area contributed by atoms with Crippen LogP contribution in [-0.2, 0) is 0 Å². The molecule has 2 aliphatic rings. The highest BCUT2D eigenvalue weighted by Crippen LogP contribution is 2.29. The molecule has 7 heteroatoms. The molecule has 6 nitrogen and oxygen atoms in total. The van der Waals surface area contributed by atoms with E-state index in [1.165, 1.54) is 19.4 Å². The van der Waals surface area contributed by atoms with Crippen molar-refractivity contribution in [2.75, 3.05) is 24.5 Å². The fourth-order valence-corrected chi connectivity index (χ4v) is 4.86. The van der Waals surface area contributed by atoms with Crippen LogP contribution in [0, 0.1) is 0 Å². The Morgan fingerprint density at radius 2 is 2.16 bits per heavy atom. The molecule has 2 saturated heterocycles. The van der Waals surface area contributed by atoms with Crippen molar-refractivity contribution in [2.45, 2.75) is 38.3 Å². The van der Waals surface area contributed by atoms with Gasteiger partial charge in [0.2, 0.25) is 0 Å². The van der Waals surface area contributed by atoms with Crippen molar-refractivity contribution < 1.29 is 0 Å². The summed E-state index contributed by atoms with van der Waals surface area (Å²) in [5, 5.41) is 17.7. The second-order valence-electron chi connectivity index (χ2n) is 7.00. The lowest BCUT2D eigenvalue weighted by molar-refractivity contribution is 0.194. The lowest BCUT2D eigenvalue weighted by Crippen LogP contribution is -2.56. The van der Waals surface area contributed by atoms with Gasteiger partial charge < -0.3 is 4.90 Å². The van der Waals surface area contributed by atoms with Crippen molar-refractivity contribution in [3.63, 3.8) is 0 Å². The Morgan fingerprint density at radius 1 is 1.20 bits per heavy atom. The van der Waals surface area contributed by atoms with Crippen molar-refractivity contribution in [1.82, 2.24) is 24.7 Å². The van der Waals surface area contributed by atoms with Crippen LogP contribution in [0.25, 0.3) is 17.0 Å². The molecule has 130 valence electrons. The molecule has 2 fully saturated rings. The van der Waals surface area contributed by atoms with Gasteiger partial charge in [0, 0.05) is 36.1 Å². The van der Waals surface area contributed by atoms with E-state index in [1.807, 2.05) is 10.6 Å². The van der Waals surface area contributed by atoms with Crippen molar-refractivity contribution in [1.29, 1.82) is 0 Å². The average Bonchev–Trinajstić information content (AvgIpc) is 3.38. The normalized spacial score (nSPS) is 24.1. The highest BCUT2D eigenvalue weighted by atomic mass is 32.1. The predicted octanol–water partition coefficient (Wildman–Crippen LogP) is 2.92. The van der Waals surface area contributed by atoms with E-state index in [4.69, 9.17) is 5.10 Å². The summed E-state index contributed by atoms with van der Waals surface area (Å²) in [6.07, 6.45) is 3.78. The summed E-state index contributed by atoms with van der Waals surface area (Å²) >= 11 is 1.67. The maximum absolute atomic E-state index is 4.93. The molecular formula is C18H22N6S. The van der Waals surface area contributed by atoms with E-state index in [-0.39, 0.29) is 0 Å². The third kappa shape index (κ3) is 2.53. The molecule has 2 unspecified atom stereocenters. The summed E-state index contributed by atoms with van der Waals surface area (Å²) in [4.78, 5) is 5.17. The molecule has 0 bridgehead atoms. The highest BCUT2D eigenvalue weighted by molar-refractivity contribution is 7.08. The maximum Gasteiger partial charge on any atom is 0.186 e. The molecule has 25 heavy (non-hydrogen) atoms. The Bertz CT molecular complexity index is 873. The van der Waals surface area contributed by atoms with Crippen molar-refractivity contribution in [2.24, 2.45) is 0 Å². The zero-order valence-corrected chi connectivity index (χ0v) is 15.2. The number of thiophene rings is 1. The number of nitrogens with zero attached hydrogens (tertiary/aromatic N) is 6. The van der Waals surface area contributed by atoms with E-state index >= 15 is 0 Å². The zero-order chi connectivity index (χ0) is 16.8. The van der Waals surface area contributed by atoms with Crippen LogP contribution in [0.1, 0.15) is 26.2 Å². The number of rotatable bonds is 3. The standard InChI is InChI=1S/C18H22N6S/c1-2-14-10-22-8-3-4-15(22)11-23(14)17-6-5-16-19-20-18(24(16)21-17)13-7-9-25-12-13/h5-7,9,12,14-15H,2-4,8,10-11H2,1H3. The van der Waals surface area contributed by atoms with Gasteiger partial charge in [-0.2, -0.15) is 15.9 Å². The topological polar surface area (TPSA) is 49.6 Å². The van der Waals surface area contributed by atoms with E-state index in [1.54, 1.807) is 11.3 Å². The number of anilines is 1. The fraction of sp³-hybridized carbons (Fsp3) is 0.500. The third-order valence-electron chi connectivity index (χ3n) is 5.59. The first-order valence-electron chi connectivity index (χ1n) is 9.09. The molecule has 2 aliphatic heterocycles. The highest BCUT2D eigenvalue weighted by Gasteiger charge is 2.36. The van der Waals surface area contributed by atoms with E-state index < -0.39 is 0 Å². The molecule has 5 heterocycles. The van der Waals surface area contributed by atoms with Gasteiger partial charge in [0.15, 0.2) is 11.5 Å². The molecule has 0 aliphatic carbocycles. The first-order chi connectivity index (χ1) is 12.3. The molecule has 0 radical (unpaired) electrons. The molecule has 3 aromatic rings. The zero-order valence-electron chi connectivity index (χ0n) is 14.4. The minimum Gasteiger partial charge on any atom is -0.349 e. The lowest BCUT2D eigenvalue weighted by atomic mass is 10.1. The average molecular weight is 354 g/mol. The first-order valence-corrected chi connectivity index (χ1v) is 10.0. The largest absolute Gasteiger partial charge is 0.349 e. The van der Waals surface area contributed by atoms with Gasteiger partial charge in [-0.05, 0) is 49.4 Å². The number of piperazine rings is 1. The smallest absolute Gasteiger partial charge is 0.186 e. The maximum atomic E-state index is 4.93. The molecule has 0 N–H and O–H groups in total. The van der Waals surface area contributed by atoms with Crippen molar-refractivity contribution in [3.05, 3.63) is 29.0 Å². The first kappa shape index (κ1) is 15.3. The second-order valence-corrected chi connectivity index (χ2v) is 7.78. The Balaban J connectivity index is 1.54. The Labute approximate surface area is 151 Å². The summed E-state index contributed by atoms with van der Waals surface area (Å²) in [5.74, 6) is 1.87. The minimum absolute atomic E-state index is 0.528. The minimum atomic E-state index is 0.528. The van der Waals surface area contributed by atoms with Crippen molar-refractivity contribution >= 4 is 22.8 Å². The quantitative estimate of drug-likeness (QED) is 0.724. The molecule has 0 saturated carbocycles. The van der Waals surface area contributed by atoms with Gasteiger partial charge in [-0.15, -0.1) is 15.3 Å². The predicted molar refractivity (Wildman–Crippen MR) is 100 cm³/mol. The Kier molecular flexibility index (Phi) is 3.71. The molecule has 0 spiro atoms. The molecule has 0 amide bonds. The summed E-state index contributed by atoms with van der Waals surface area (Å²) in [6, 6.07) is 7.42. The fourth-order valence-electron chi connectivity index (χ4n) is 4.22. The molecule has 5 rings (SSSR count). The lowest BCUT2D eigenvalue weighted by Gasteiger charge is -2.44. The van der Waals surface area contributed by atoms with Gasteiger partial charge in [0.25, 0.3) is 0 Å². The monoisotopic (exact) mass is 354 g/mol. The van der Waals surface area contributed by atoms with Gasteiger partial charge in [0.05, 0.1) is 0 Å². The van der Waals surface area contributed by atoms with Gasteiger partial charge in [0.1, 0.15) is 5.82 Å². The van der Waals surface area contributed by atoms with Crippen LogP contribution in [0.4, 0.5) is 5.82 Å². The van der Waals surface area contributed by atoms with E-state index in [2.05, 4.69) is 49.8 Å². The number of fused-ring (bicyclic) bond motifs is 2. The molecule has 0 aromatic carbocycles. The summed E-state index contributed by atoms with van der Waals surface area (Å²) < 4.78 is 1.89. The summed E-state index contributed by atoms with van der Waals surface area (Å²) in [6.45, 7) is 5.77. The SMILES string of the molecule is CCC1CN2CCCC2CN1c1ccc2nnc(-c3ccsc3)n2n1. The second kappa shape index (κ2) is 6.07. The van der Waals surface area contributed by atoms with Gasteiger partial charge in [-0.25, -0.2) is 0 Å². The third-order valence-corrected chi connectivity index (χ3v) is 6.27. The van der Waals surface area contributed by atoms with Crippen LogP contribution < -0.4 is 4.90 Å². The number of aromatic nitrogens is 4. The molecular weight excluding hydrogens is 332 g/mol. The van der Waals surface area contributed by atoms with Crippen LogP contribution in [0.15, 0.2) is 29.0 Å².